The topological polar surface area (TPSA) is 9.23 Å². The molecular weight excluding hydrogens is 196 g/mol. The molecule has 1 aromatic rings. The Balaban J connectivity index is 1.83. The van der Waals surface area contributed by atoms with Crippen LogP contribution in [-0.2, 0) is 4.74 Å². The van der Waals surface area contributed by atoms with E-state index in [1.165, 1.54) is 24.8 Å². The van der Waals surface area contributed by atoms with E-state index in [4.69, 9.17) is 4.74 Å². The molecule has 0 amide bonds. The smallest absolute Gasteiger partial charge is 0.102 e. The summed E-state index contributed by atoms with van der Waals surface area (Å²) in [6, 6.07) is 10.4. The number of hydrogen-bond acceptors (Lipinski definition) is 1. The quantitative estimate of drug-likeness (QED) is 0.527. The fourth-order valence-corrected chi connectivity index (χ4v) is 2.10. The lowest BCUT2D eigenvalue weighted by Crippen LogP contribution is -2.07. The Morgan fingerprint density at radius 1 is 1.06 bits per heavy atom. The normalized spacial score (nSPS) is 23.8. The lowest BCUT2D eigenvalue weighted by atomic mass is 10.1. The molecule has 1 nitrogen and oxygen atoms in total. The Kier molecular flexibility index (Phi) is 4.17. The maximum absolute atomic E-state index is 5.98. The molecule has 86 valence electrons. The molecular formula is C15H20O. The lowest BCUT2D eigenvalue weighted by Gasteiger charge is -2.14. The van der Waals surface area contributed by atoms with Crippen molar-refractivity contribution in [3.05, 3.63) is 48.0 Å². The maximum atomic E-state index is 5.98. The molecule has 0 fully saturated rings. The van der Waals surface area contributed by atoms with Crippen LogP contribution in [0.4, 0.5) is 0 Å². The van der Waals surface area contributed by atoms with E-state index in [9.17, 15) is 0 Å². The summed E-state index contributed by atoms with van der Waals surface area (Å²) < 4.78 is 5.98. The Bertz CT molecular complexity index is 329. The van der Waals surface area contributed by atoms with Gasteiger partial charge >= 0.3 is 0 Å². The number of benzene rings is 1. The van der Waals surface area contributed by atoms with Crippen LogP contribution in [0.15, 0.2) is 42.5 Å². The highest BCUT2D eigenvalue weighted by Gasteiger charge is 2.19. The minimum Gasteiger partial charge on any atom is -0.362 e. The first-order valence-electron chi connectivity index (χ1n) is 6.29. The average molecular weight is 216 g/mol. The molecule has 2 rings (SSSR count). The molecule has 0 saturated heterocycles. The zero-order chi connectivity index (χ0) is 11.2. The Hall–Kier alpha value is -1.08. The van der Waals surface area contributed by atoms with Gasteiger partial charge in [0.25, 0.3) is 0 Å². The van der Waals surface area contributed by atoms with Crippen molar-refractivity contribution in [1.82, 2.24) is 0 Å². The fraction of sp³-hybridized carbons (Fsp3) is 0.467. The molecule has 1 heterocycles. The maximum Gasteiger partial charge on any atom is 0.102 e. The third-order valence-electron chi connectivity index (χ3n) is 3.04. The third-order valence-corrected chi connectivity index (χ3v) is 3.04. The van der Waals surface area contributed by atoms with Crippen molar-refractivity contribution < 1.29 is 4.74 Å². The van der Waals surface area contributed by atoms with Crippen LogP contribution in [0.1, 0.15) is 44.3 Å². The van der Waals surface area contributed by atoms with Crippen LogP contribution in [0, 0.1) is 0 Å². The van der Waals surface area contributed by atoms with Gasteiger partial charge in [0.05, 0.1) is 6.10 Å². The van der Waals surface area contributed by atoms with Crippen LogP contribution in [0.3, 0.4) is 0 Å². The molecule has 0 aliphatic carbocycles. The van der Waals surface area contributed by atoms with Crippen molar-refractivity contribution in [3.63, 3.8) is 0 Å². The minimum atomic E-state index is 0.174. The Morgan fingerprint density at radius 2 is 1.88 bits per heavy atom. The van der Waals surface area contributed by atoms with Gasteiger partial charge in [-0.3, -0.25) is 0 Å². The second-order valence-corrected chi connectivity index (χ2v) is 4.39. The van der Waals surface area contributed by atoms with Crippen LogP contribution in [-0.4, -0.2) is 6.10 Å². The number of unbranched alkanes of at least 4 members (excludes halogenated alkanes) is 2. The highest BCUT2D eigenvalue weighted by Crippen LogP contribution is 2.28. The zero-order valence-electron chi connectivity index (χ0n) is 9.93. The molecule has 0 radical (unpaired) electrons. The molecule has 0 unspecified atom stereocenters. The van der Waals surface area contributed by atoms with Gasteiger partial charge in [0.2, 0.25) is 0 Å². The van der Waals surface area contributed by atoms with Gasteiger partial charge in [0.15, 0.2) is 0 Å². The van der Waals surface area contributed by atoms with Crippen LogP contribution in [0.2, 0.25) is 0 Å². The molecule has 0 N–H and O–H groups in total. The highest BCUT2D eigenvalue weighted by molar-refractivity contribution is 5.23. The Labute approximate surface area is 98.1 Å². The number of rotatable bonds is 5. The molecule has 1 aliphatic rings. The number of ether oxygens (including phenoxy) is 1. The largest absolute Gasteiger partial charge is 0.362 e. The van der Waals surface area contributed by atoms with E-state index in [1.54, 1.807) is 0 Å². The van der Waals surface area contributed by atoms with Gasteiger partial charge < -0.3 is 4.74 Å². The summed E-state index contributed by atoms with van der Waals surface area (Å²) in [6.45, 7) is 2.23. The molecule has 0 spiro atoms. The van der Waals surface area contributed by atoms with Crippen molar-refractivity contribution >= 4 is 0 Å². The minimum absolute atomic E-state index is 0.174. The highest BCUT2D eigenvalue weighted by atomic mass is 16.5. The summed E-state index contributed by atoms with van der Waals surface area (Å²) >= 11 is 0. The van der Waals surface area contributed by atoms with Crippen LogP contribution < -0.4 is 0 Å². The van der Waals surface area contributed by atoms with Crippen LogP contribution in [0.25, 0.3) is 0 Å². The molecule has 2 atom stereocenters. The first kappa shape index (κ1) is 11.4. The van der Waals surface area contributed by atoms with Gasteiger partial charge in [-0.1, -0.05) is 68.7 Å². The predicted octanol–water partition coefficient (Wildman–Crippen LogP) is 4.26. The third kappa shape index (κ3) is 2.96. The van der Waals surface area contributed by atoms with Crippen LogP contribution >= 0.6 is 0 Å². The summed E-state index contributed by atoms with van der Waals surface area (Å²) in [5.74, 6) is 0. The summed E-state index contributed by atoms with van der Waals surface area (Å²) in [6.07, 6.45) is 9.92. The van der Waals surface area contributed by atoms with Gasteiger partial charge in [0, 0.05) is 0 Å². The van der Waals surface area contributed by atoms with E-state index in [1.807, 2.05) is 6.07 Å². The molecule has 1 heteroatoms. The predicted molar refractivity (Wildman–Crippen MR) is 67.3 cm³/mol. The summed E-state index contributed by atoms with van der Waals surface area (Å²) in [7, 11) is 0. The molecule has 0 saturated carbocycles. The van der Waals surface area contributed by atoms with E-state index < -0.39 is 0 Å². The van der Waals surface area contributed by atoms with Gasteiger partial charge in [-0.2, -0.15) is 0 Å². The molecule has 1 aromatic carbocycles. The summed E-state index contributed by atoms with van der Waals surface area (Å²) in [5, 5.41) is 0. The van der Waals surface area contributed by atoms with Crippen molar-refractivity contribution in [2.24, 2.45) is 0 Å². The van der Waals surface area contributed by atoms with E-state index in [0.29, 0.717) is 6.10 Å². The number of hydrogen-bond donors (Lipinski definition) is 0. The lowest BCUT2D eigenvalue weighted by molar-refractivity contribution is 0.0543. The average Bonchev–Trinajstić information content (AvgIpc) is 2.79. The summed E-state index contributed by atoms with van der Waals surface area (Å²) in [5.41, 5.74) is 1.26. The fourth-order valence-electron chi connectivity index (χ4n) is 2.10. The second-order valence-electron chi connectivity index (χ2n) is 4.39. The monoisotopic (exact) mass is 216 g/mol. The molecule has 0 bridgehead atoms. The molecule has 1 aliphatic heterocycles. The zero-order valence-corrected chi connectivity index (χ0v) is 9.93. The van der Waals surface area contributed by atoms with Crippen LogP contribution in [0.5, 0.6) is 0 Å². The van der Waals surface area contributed by atoms with E-state index in [0.717, 1.165) is 6.42 Å². The van der Waals surface area contributed by atoms with Gasteiger partial charge in [-0.05, 0) is 12.0 Å². The SMILES string of the molecule is CCCCC[C@@H]1C=C[C@H](c2ccccc2)O1. The van der Waals surface area contributed by atoms with Crippen molar-refractivity contribution in [2.45, 2.75) is 44.8 Å². The van der Waals surface area contributed by atoms with Crippen molar-refractivity contribution in [3.8, 4) is 0 Å². The first-order chi connectivity index (χ1) is 7.90. The van der Waals surface area contributed by atoms with Gasteiger partial charge in [0.1, 0.15) is 6.10 Å². The molecule has 0 aromatic heterocycles. The Morgan fingerprint density at radius 3 is 2.62 bits per heavy atom. The van der Waals surface area contributed by atoms with E-state index >= 15 is 0 Å². The van der Waals surface area contributed by atoms with Crippen molar-refractivity contribution in [1.29, 1.82) is 0 Å². The molecule has 16 heavy (non-hydrogen) atoms. The van der Waals surface area contributed by atoms with Crippen molar-refractivity contribution in [2.75, 3.05) is 0 Å². The standard InChI is InChI=1S/C15H20O/c1-2-3-5-10-14-11-12-15(16-14)13-8-6-4-7-9-13/h4,6-9,11-12,14-15H,2-3,5,10H2,1H3/t14-,15-/m1/s1. The first-order valence-corrected chi connectivity index (χ1v) is 6.29. The summed E-state index contributed by atoms with van der Waals surface area (Å²) in [4.78, 5) is 0. The van der Waals surface area contributed by atoms with E-state index in [-0.39, 0.29) is 6.10 Å². The van der Waals surface area contributed by atoms with E-state index in [2.05, 4.69) is 43.3 Å². The van der Waals surface area contributed by atoms with Gasteiger partial charge in [-0.25, -0.2) is 0 Å². The second kappa shape index (κ2) is 5.86. The van der Waals surface area contributed by atoms with Gasteiger partial charge in [-0.15, -0.1) is 0 Å².